The van der Waals surface area contributed by atoms with Crippen LogP contribution in [0.1, 0.15) is 5.69 Å². The van der Waals surface area contributed by atoms with Gasteiger partial charge in [-0.05, 0) is 13.0 Å². The number of aromatic nitrogens is 5. The zero-order valence-electron chi connectivity index (χ0n) is 8.15. The molecule has 3 aromatic rings. The Morgan fingerprint density at radius 1 is 1.27 bits per heavy atom. The van der Waals surface area contributed by atoms with Gasteiger partial charge in [0.15, 0.2) is 0 Å². The molecule has 15 heavy (non-hydrogen) atoms. The highest BCUT2D eigenvalue weighted by Gasteiger charge is 2.08. The van der Waals surface area contributed by atoms with Gasteiger partial charge >= 0.3 is 0 Å². The third-order valence-corrected chi connectivity index (χ3v) is 2.37. The molecule has 0 atom stereocenters. The zero-order valence-corrected chi connectivity index (χ0v) is 8.15. The third-order valence-electron chi connectivity index (χ3n) is 2.37. The van der Waals surface area contributed by atoms with E-state index in [4.69, 9.17) is 0 Å². The van der Waals surface area contributed by atoms with Gasteiger partial charge in [0.05, 0.1) is 29.0 Å². The average Bonchev–Trinajstić information content (AvgIpc) is 2.82. The molecule has 5 heteroatoms. The molecule has 2 N–H and O–H groups in total. The number of nitrogens with one attached hydrogen (secondary N) is 2. The topological polar surface area (TPSA) is 70.2 Å². The first-order valence-electron chi connectivity index (χ1n) is 4.64. The molecule has 0 saturated heterocycles. The Labute approximate surface area is 85.6 Å². The number of rotatable bonds is 1. The van der Waals surface area contributed by atoms with Crippen LogP contribution in [0.25, 0.3) is 22.4 Å². The lowest BCUT2D eigenvalue weighted by Gasteiger charge is -1.90. The number of nitrogens with zero attached hydrogens (tertiary/aromatic N) is 3. The van der Waals surface area contributed by atoms with Crippen molar-refractivity contribution in [1.82, 2.24) is 25.1 Å². The normalized spacial score (nSPS) is 11.0. The molecule has 74 valence electrons. The fourth-order valence-electron chi connectivity index (χ4n) is 1.57. The number of imidazole rings is 1. The van der Waals surface area contributed by atoms with Crippen molar-refractivity contribution in [1.29, 1.82) is 0 Å². The van der Waals surface area contributed by atoms with E-state index in [0.717, 1.165) is 28.1 Å². The van der Waals surface area contributed by atoms with E-state index in [1.165, 1.54) is 0 Å². The summed E-state index contributed by atoms with van der Waals surface area (Å²) in [5.74, 6) is 0.823. The summed E-state index contributed by atoms with van der Waals surface area (Å²) in [6.07, 6.45) is 5.26. The van der Waals surface area contributed by atoms with Crippen molar-refractivity contribution in [2.24, 2.45) is 0 Å². The Morgan fingerprint density at radius 3 is 2.93 bits per heavy atom. The minimum Gasteiger partial charge on any atom is -0.337 e. The second-order valence-corrected chi connectivity index (χ2v) is 3.39. The van der Waals surface area contributed by atoms with Gasteiger partial charge in [-0.25, -0.2) is 4.98 Å². The smallest absolute Gasteiger partial charge is 0.141 e. The summed E-state index contributed by atoms with van der Waals surface area (Å²) in [6.45, 7) is 1.97. The van der Waals surface area contributed by atoms with Gasteiger partial charge in [0, 0.05) is 11.9 Å². The van der Waals surface area contributed by atoms with E-state index >= 15 is 0 Å². The quantitative estimate of drug-likeness (QED) is 0.626. The summed E-state index contributed by atoms with van der Waals surface area (Å²) in [5.41, 5.74) is 3.85. The fourth-order valence-corrected chi connectivity index (χ4v) is 1.57. The van der Waals surface area contributed by atoms with Crippen molar-refractivity contribution in [2.45, 2.75) is 6.92 Å². The molecule has 3 heterocycles. The predicted molar refractivity (Wildman–Crippen MR) is 56.2 cm³/mol. The molecule has 3 aromatic heterocycles. The summed E-state index contributed by atoms with van der Waals surface area (Å²) >= 11 is 0. The van der Waals surface area contributed by atoms with Crippen LogP contribution >= 0.6 is 0 Å². The lowest BCUT2D eigenvalue weighted by Crippen LogP contribution is -1.80. The maximum absolute atomic E-state index is 4.46. The van der Waals surface area contributed by atoms with Crippen LogP contribution in [-0.2, 0) is 0 Å². The number of hydrogen-bond donors (Lipinski definition) is 2. The van der Waals surface area contributed by atoms with Gasteiger partial charge in [0.2, 0.25) is 0 Å². The first-order chi connectivity index (χ1) is 7.34. The van der Waals surface area contributed by atoms with Crippen molar-refractivity contribution in [3.63, 3.8) is 0 Å². The van der Waals surface area contributed by atoms with Crippen molar-refractivity contribution < 1.29 is 0 Å². The SMILES string of the molecule is Cc1[nH]ncc1-c1nc2ccncc2[nH]1. The van der Waals surface area contributed by atoms with Gasteiger partial charge in [0.25, 0.3) is 0 Å². The maximum Gasteiger partial charge on any atom is 0.141 e. The monoisotopic (exact) mass is 199 g/mol. The molecule has 0 aliphatic heterocycles. The van der Waals surface area contributed by atoms with Gasteiger partial charge in [-0.3, -0.25) is 10.1 Å². The van der Waals surface area contributed by atoms with Crippen LogP contribution < -0.4 is 0 Å². The van der Waals surface area contributed by atoms with Crippen LogP contribution in [0.4, 0.5) is 0 Å². The number of H-pyrrole nitrogens is 2. The summed E-state index contributed by atoms with van der Waals surface area (Å²) in [5, 5.41) is 6.85. The minimum atomic E-state index is 0.823. The number of hydrogen-bond acceptors (Lipinski definition) is 3. The van der Waals surface area contributed by atoms with Crippen LogP contribution in [0.5, 0.6) is 0 Å². The molecule has 0 spiro atoms. The Bertz CT molecular complexity index is 574. The second kappa shape index (κ2) is 2.91. The molecule has 5 nitrogen and oxygen atoms in total. The van der Waals surface area contributed by atoms with Gasteiger partial charge in [-0.15, -0.1) is 0 Å². The fraction of sp³-hybridized carbons (Fsp3) is 0.100. The number of fused-ring (bicyclic) bond motifs is 1. The molecule has 0 aliphatic carbocycles. The lowest BCUT2D eigenvalue weighted by molar-refractivity contribution is 1.05. The van der Waals surface area contributed by atoms with Crippen LogP contribution in [-0.4, -0.2) is 25.1 Å². The molecule has 0 aliphatic rings. The van der Waals surface area contributed by atoms with Crippen molar-refractivity contribution in [3.8, 4) is 11.4 Å². The molecule has 0 saturated carbocycles. The van der Waals surface area contributed by atoms with Crippen molar-refractivity contribution in [2.75, 3.05) is 0 Å². The van der Waals surface area contributed by atoms with E-state index in [-0.39, 0.29) is 0 Å². The highest BCUT2D eigenvalue weighted by molar-refractivity contribution is 5.78. The first kappa shape index (κ1) is 8.16. The highest BCUT2D eigenvalue weighted by atomic mass is 15.1. The predicted octanol–water partition coefficient (Wildman–Crippen LogP) is 1.66. The largest absolute Gasteiger partial charge is 0.337 e. The van der Waals surface area contributed by atoms with Gasteiger partial charge < -0.3 is 4.98 Å². The third kappa shape index (κ3) is 1.20. The molecule has 0 fully saturated rings. The first-order valence-corrected chi connectivity index (χ1v) is 4.64. The van der Waals surface area contributed by atoms with Crippen LogP contribution in [0, 0.1) is 6.92 Å². The molecule has 0 unspecified atom stereocenters. The number of aryl methyl sites for hydroxylation is 1. The van der Waals surface area contributed by atoms with Crippen LogP contribution in [0.3, 0.4) is 0 Å². The molecular formula is C10H9N5. The molecule has 0 amide bonds. The standard InChI is InChI=1S/C10H9N5/c1-6-7(4-12-15-6)10-13-8-2-3-11-5-9(8)14-10/h2-5H,1H3,(H,12,15)(H,13,14). The Hall–Kier alpha value is -2.17. The van der Waals surface area contributed by atoms with E-state index in [1.807, 2.05) is 13.0 Å². The van der Waals surface area contributed by atoms with E-state index in [1.54, 1.807) is 18.6 Å². The Morgan fingerprint density at radius 2 is 2.20 bits per heavy atom. The number of aromatic amines is 2. The van der Waals surface area contributed by atoms with E-state index in [9.17, 15) is 0 Å². The lowest BCUT2D eigenvalue weighted by atomic mass is 10.2. The summed E-state index contributed by atoms with van der Waals surface area (Å²) in [7, 11) is 0. The molecule has 0 aromatic carbocycles. The molecular weight excluding hydrogens is 190 g/mol. The van der Waals surface area contributed by atoms with Gasteiger partial charge in [0.1, 0.15) is 5.82 Å². The van der Waals surface area contributed by atoms with Gasteiger partial charge in [-0.1, -0.05) is 0 Å². The number of pyridine rings is 1. The highest BCUT2D eigenvalue weighted by Crippen LogP contribution is 2.20. The average molecular weight is 199 g/mol. The van der Waals surface area contributed by atoms with Crippen molar-refractivity contribution >= 4 is 11.0 Å². The Kier molecular flexibility index (Phi) is 1.58. The van der Waals surface area contributed by atoms with Crippen LogP contribution in [0.15, 0.2) is 24.7 Å². The molecule has 3 rings (SSSR count). The summed E-state index contributed by atoms with van der Waals surface area (Å²) < 4.78 is 0. The second-order valence-electron chi connectivity index (χ2n) is 3.39. The maximum atomic E-state index is 4.46. The molecule has 0 radical (unpaired) electrons. The Balaban J connectivity index is 2.24. The van der Waals surface area contributed by atoms with E-state index in [2.05, 4.69) is 25.1 Å². The zero-order chi connectivity index (χ0) is 10.3. The van der Waals surface area contributed by atoms with Gasteiger partial charge in [-0.2, -0.15) is 5.10 Å². The summed E-state index contributed by atoms with van der Waals surface area (Å²) in [4.78, 5) is 11.7. The summed E-state index contributed by atoms with van der Waals surface area (Å²) in [6, 6.07) is 1.88. The van der Waals surface area contributed by atoms with Crippen LogP contribution in [0.2, 0.25) is 0 Å². The van der Waals surface area contributed by atoms with E-state index in [0.29, 0.717) is 0 Å². The molecule has 0 bridgehead atoms. The minimum absolute atomic E-state index is 0.823. The van der Waals surface area contributed by atoms with Crippen molar-refractivity contribution in [3.05, 3.63) is 30.4 Å². The van der Waals surface area contributed by atoms with E-state index < -0.39 is 0 Å².